The monoisotopic (exact) mass is 270 g/mol. The van der Waals surface area contributed by atoms with Crippen molar-refractivity contribution in [3.05, 3.63) is 47.6 Å². The third kappa shape index (κ3) is 2.30. The minimum atomic E-state index is 0.0131. The summed E-state index contributed by atoms with van der Waals surface area (Å²) in [6.45, 7) is 1.53. The van der Waals surface area contributed by atoms with E-state index in [1.54, 1.807) is 17.2 Å². The van der Waals surface area contributed by atoms with Gasteiger partial charge in [-0.2, -0.15) is 9.90 Å². The average molecular weight is 270 g/mol. The molecule has 0 radical (unpaired) electrons. The molecule has 0 amide bonds. The predicted molar refractivity (Wildman–Crippen MR) is 72.5 cm³/mol. The molecule has 0 fully saturated rings. The molecule has 94 valence electrons. The van der Waals surface area contributed by atoms with Crippen LogP contribution in [0.5, 0.6) is 0 Å². The second kappa shape index (κ2) is 4.74. The van der Waals surface area contributed by atoms with Crippen molar-refractivity contribution in [2.45, 2.75) is 6.92 Å². The van der Waals surface area contributed by atoms with Gasteiger partial charge in [-0.3, -0.25) is 4.79 Å². The quantitative estimate of drug-likeness (QED) is 0.686. The molecule has 3 aromatic rings. The second-order valence-electron chi connectivity index (χ2n) is 3.94. The molecular weight excluding hydrogens is 260 g/mol. The molecule has 5 nitrogen and oxygen atoms in total. The fraction of sp³-hybridized carbons (Fsp3) is 0.0769. The van der Waals surface area contributed by atoms with Crippen molar-refractivity contribution in [1.82, 2.24) is 20.0 Å². The lowest BCUT2D eigenvalue weighted by Gasteiger charge is -1.96. The Morgan fingerprint density at radius 3 is 2.68 bits per heavy atom. The number of rotatable bonds is 3. The van der Waals surface area contributed by atoms with Crippen molar-refractivity contribution < 1.29 is 4.79 Å². The number of para-hydroxylation sites is 1. The molecule has 2 aromatic heterocycles. The van der Waals surface area contributed by atoms with Gasteiger partial charge in [-0.25, -0.2) is 4.98 Å². The van der Waals surface area contributed by atoms with Gasteiger partial charge in [0.2, 0.25) is 0 Å². The number of benzene rings is 1. The highest BCUT2D eigenvalue weighted by Gasteiger charge is 2.11. The van der Waals surface area contributed by atoms with Crippen LogP contribution in [0.3, 0.4) is 0 Å². The van der Waals surface area contributed by atoms with Gasteiger partial charge in [0.1, 0.15) is 10.7 Å². The average Bonchev–Trinajstić information content (AvgIpc) is 3.09. The van der Waals surface area contributed by atoms with Crippen LogP contribution in [-0.2, 0) is 0 Å². The van der Waals surface area contributed by atoms with Crippen LogP contribution in [0.4, 0.5) is 0 Å². The van der Waals surface area contributed by atoms with E-state index in [1.807, 2.05) is 30.3 Å². The van der Waals surface area contributed by atoms with Gasteiger partial charge in [-0.1, -0.05) is 18.2 Å². The highest BCUT2D eigenvalue weighted by molar-refractivity contribution is 7.16. The maximum absolute atomic E-state index is 11.2. The molecule has 0 bridgehead atoms. The highest BCUT2D eigenvalue weighted by Crippen LogP contribution is 2.23. The molecule has 3 rings (SSSR count). The van der Waals surface area contributed by atoms with Crippen LogP contribution in [0.25, 0.3) is 16.4 Å². The normalized spacial score (nSPS) is 10.6. The standard InChI is InChI=1S/C13H10N4OS/c1-9(18)12-8-14-13(19-12)11-7-15-17(16-11)10-5-3-2-4-6-10/h2-8H,1H3. The van der Waals surface area contributed by atoms with Crippen LogP contribution < -0.4 is 0 Å². The van der Waals surface area contributed by atoms with Crippen LogP contribution in [0, 0.1) is 0 Å². The van der Waals surface area contributed by atoms with Gasteiger partial charge in [-0.05, 0) is 12.1 Å². The summed E-state index contributed by atoms with van der Waals surface area (Å²) >= 11 is 1.33. The number of ketones is 1. The van der Waals surface area contributed by atoms with Gasteiger partial charge < -0.3 is 0 Å². The van der Waals surface area contributed by atoms with Crippen molar-refractivity contribution in [2.75, 3.05) is 0 Å². The molecule has 0 atom stereocenters. The Labute approximate surface area is 113 Å². The number of nitrogens with zero attached hydrogens (tertiary/aromatic N) is 4. The van der Waals surface area contributed by atoms with Gasteiger partial charge in [-0.15, -0.1) is 16.4 Å². The summed E-state index contributed by atoms with van der Waals surface area (Å²) in [5, 5.41) is 9.27. The van der Waals surface area contributed by atoms with Gasteiger partial charge in [0.15, 0.2) is 5.78 Å². The lowest BCUT2D eigenvalue weighted by Crippen LogP contribution is -1.97. The second-order valence-corrected chi connectivity index (χ2v) is 4.97. The minimum absolute atomic E-state index is 0.0131. The lowest BCUT2D eigenvalue weighted by atomic mass is 10.3. The third-order valence-corrected chi connectivity index (χ3v) is 3.67. The molecule has 19 heavy (non-hydrogen) atoms. The highest BCUT2D eigenvalue weighted by atomic mass is 32.1. The Morgan fingerprint density at radius 2 is 2.00 bits per heavy atom. The maximum atomic E-state index is 11.2. The van der Waals surface area contributed by atoms with E-state index in [0.29, 0.717) is 15.6 Å². The SMILES string of the molecule is CC(=O)c1cnc(-c2cnn(-c3ccccc3)n2)s1. The molecule has 0 N–H and O–H groups in total. The third-order valence-electron chi connectivity index (χ3n) is 2.55. The zero-order valence-corrected chi connectivity index (χ0v) is 11.0. The van der Waals surface area contributed by atoms with Gasteiger partial charge in [0.05, 0.1) is 16.8 Å². The fourth-order valence-corrected chi connectivity index (χ4v) is 2.36. The van der Waals surface area contributed by atoms with Crippen molar-refractivity contribution in [2.24, 2.45) is 0 Å². The number of Topliss-reactive ketones (excluding diaryl/α,β-unsaturated/α-hetero) is 1. The smallest absolute Gasteiger partial charge is 0.171 e. The summed E-state index contributed by atoms with van der Waals surface area (Å²) in [4.78, 5) is 17.6. The lowest BCUT2D eigenvalue weighted by molar-refractivity contribution is 0.102. The van der Waals surface area contributed by atoms with E-state index in [9.17, 15) is 4.79 Å². The number of hydrogen-bond acceptors (Lipinski definition) is 5. The van der Waals surface area contributed by atoms with Crippen LogP contribution in [0.1, 0.15) is 16.6 Å². The van der Waals surface area contributed by atoms with Gasteiger partial charge in [0, 0.05) is 13.1 Å². The zero-order valence-electron chi connectivity index (χ0n) is 10.1. The number of carbonyl (C=O) groups is 1. The Hall–Kier alpha value is -2.34. The van der Waals surface area contributed by atoms with Crippen LogP contribution in [0.2, 0.25) is 0 Å². The van der Waals surface area contributed by atoms with Crippen molar-refractivity contribution in [3.8, 4) is 16.4 Å². The number of aromatic nitrogens is 4. The first kappa shape index (κ1) is 11.7. The zero-order chi connectivity index (χ0) is 13.2. The summed E-state index contributed by atoms with van der Waals surface area (Å²) in [6, 6.07) is 9.64. The number of thiazole rings is 1. The molecule has 0 aliphatic heterocycles. The first-order valence-electron chi connectivity index (χ1n) is 5.69. The van der Waals surface area contributed by atoms with E-state index in [2.05, 4.69) is 15.2 Å². The molecule has 0 saturated carbocycles. The Morgan fingerprint density at radius 1 is 1.21 bits per heavy atom. The summed E-state index contributed by atoms with van der Waals surface area (Å²) in [6.07, 6.45) is 3.22. The summed E-state index contributed by atoms with van der Waals surface area (Å²) in [7, 11) is 0. The van der Waals surface area contributed by atoms with Crippen LogP contribution in [0.15, 0.2) is 42.7 Å². The van der Waals surface area contributed by atoms with Crippen LogP contribution >= 0.6 is 11.3 Å². The largest absolute Gasteiger partial charge is 0.294 e. The first-order chi connectivity index (χ1) is 9.24. The fourth-order valence-electron chi connectivity index (χ4n) is 1.60. The van der Waals surface area contributed by atoms with Gasteiger partial charge in [0.25, 0.3) is 0 Å². The van der Waals surface area contributed by atoms with Crippen LogP contribution in [-0.4, -0.2) is 25.8 Å². The maximum Gasteiger partial charge on any atom is 0.171 e. The molecule has 0 spiro atoms. The molecule has 0 aliphatic rings. The van der Waals surface area contributed by atoms with Crippen molar-refractivity contribution in [3.63, 3.8) is 0 Å². The van der Waals surface area contributed by atoms with Crippen molar-refractivity contribution in [1.29, 1.82) is 0 Å². The topological polar surface area (TPSA) is 60.7 Å². The van der Waals surface area contributed by atoms with E-state index in [4.69, 9.17) is 0 Å². The molecule has 6 heteroatoms. The molecule has 0 aliphatic carbocycles. The van der Waals surface area contributed by atoms with Crippen molar-refractivity contribution >= 4 is 17.1 Å². The minimum Gasteiger partial charge on any atom is -0.294 e. The van der Waals surface area contributed by atoms with E-state index in [0.717, 1.165) is 5.69 Å². The Bertz CT molecular complexity index is 717. The van der Waals surface area contributed by atoms with E-state index in [1.165, 1.54) is 18.3 Å². The molecule has 1 aromatic carbocycles. The summed E-state index contributed by atoms with van der Waals surface area (Å²) in [5.74, 6) is 0.0131. The Balaban J connectivity index is 1.94. The molecular formula is C13H10N4OS. The summed E-state index contributed by atoms with van der Waals surface area (Å²) in [5.41, 5.74) is 1.55. The molecule has 0 saturated heterocycles. The van der Waals surface area contributed by atoms with E-state index in [-0.39, 0.29) is 5.78 Å². The molecule has 2 heterocycles. The van der Waals surface area contributed by atoms with E-state index < -0.39 is 0 Å². The Kier molecular flexibility index (Phi) is 2.92. The molecule has 0 unspecified atom stereocenters. The summed E-state index contributed by atoms with van der Waals surface area (Å²) < 4.78 is 0. The predicted octanol–water partition coefficient (Wildman–Crippen LogP) is 2.59. The first-order valence-corrected chi connectivity index (χ1v) is 6.50. The van der Waals surface area contributed by atoms with E-state index >= 15 is 0 Å². The van der Waals surface area contributed by atoms with Gasteiger partial charge >= 0.3 is 0 Å². The number of carbonyl (C=O) groups excluding carboxylic acids is 1. The number of hydrogen-bond donors (Lipinski definition) is 0.